The van der Waals surface area contributed by atoms with E-state index in [2.05, 4.69) is 26.2 Å². The van der Waals surface area contributed by atoms with Crippen LogP contribution in [0.25, 0.3) is 0 Å². The molecule has 0 radical (unpaired) electrons. The summed E-state index contributed by atoms with van der Waals surface area (Å²) in [6.07, 6.45) is 3.29. The highest BCUT2D eigenvalue weighted by atomic mass is 79.9. The lowest BCUT2D eigenvalue weighted by Crippen LogP contribution is -2.30. The van der Waals surface area contributed by atoms with Crippen LogP contribution in [0.1, 0.15) is 36.5 Å². The monoisotopic (exact) mass is 314 g/mol. The van der Waals surface area contributed by atoms with Crippen molar-refractivity contribution in [3.8, 4) is 0 Å². The SMILES string of the molecule is CCOC(=O)c1cc(Br)c(=O)[nH]c1NC1CCC1. The van der Waals surface area contributed by atoms with Gasteiger partial charge in [-0.15, -0.1) is 0 Å². The maximum Gasteiger partial charge on any atom is 0.341 e. The van der Waals surface area contributed by atoms with Crippen molar-refractivity contribution < 1.29 is 9.53 Å². The topological polar surface area (TPSA) is 71.2 Å². The molecule has 6 heteroatoms. The third-order valence-electron chi connectivity index (χ3n) is 2.94. The number of ether oxygens (including phenoxy) is 1. The van der Waals surface area contributed by atoms with Gasteiger partial charge in [-0.1, -0.05) is 0 Å². The van der Waals surface area contributed by atoms with E-state index in [9.17, 15) is 9.59 Å². The Morgan fingerprint density at radius 3 is 2.89 bits per heavy atom. The molecule has 0 atom stereocenters. The van der Waals surface area contributed by atoms with E-state index in [4.69, 9.17) is 4.74 Å². The number of pyridine rings is 1. The summed E-state index contributed by atoms with van der Waals surface area (Å²) in [5, 5.41) is 3.18. The smallest absolute Gasteiger partial charge is 0.341 e. The lowest BCUT2D eigenvalue weighted by molar-refractivity contribution is 0.0527. The summed E-state index contributed by atoms with van der Waals surface area (Å²) in [6, 6.07) is 1.83. The zero-order valence-electron chi connectivity index (χ0n) is 10.1. The lowest BCUT2D eigenvalue weighted by Gasteiger charge is -2.27. The number of aromatic nitrogens is 1. The summed E-state index contributed by atoms with van der Waals surface area (Å²) < 4.78 is 5.30. The van der Waals surface area contributed by atoms with Crippen molar-refractivity contribution in [2.75, 3.05) is 11.9 Å². The van der Waals surface area contributed by atoms with Crippen LogP contribution in [0.3, 0.4) is 0 Å². The van der Waals surface area contributed by atoms with Crippen LogP contribution in [0.4, 0.5) is 5.82 Å². The summed E-state index contributed by atoms with van der Waals surface area (Å²) >= 11 is 3.12. The van der Waals surface area contributed by atoms with Gasteiger partial charge in [-0.05, 0) is 48.2 Å². The van der Waals surface area contributed by atoms with Gasteiger partial charge in [-0.2, -0.15) is 0 Å². The maximum absolute atomic E-state index is 11.8. The second kappa shape index (κ2) is 5.56. The molecular formula is C12H15BrN2O3. The van der Waals surface area contributed by atoms with Gasteiger partial charge in [0.25, 0.3) is 5.56 Å². The van der Waals surface area contributed by atoms with Gasteiger partial charge in [0, 0.05) is 6.04 Å². The molecule has 1 heterocycles. The summed E-state index contributed by atoms with van der Waals surface area (Å²) in [5.41, 5.74) is 0.0973. The first-order chi connectivity index (χ1) is 8.61. The molecule has 1 aromatic rings. The number of aromatic amines is 1. The van der Waals surface area contributed by atoms with Crippen molar-refractivity contribution in [3.63, 3.8) is 0 Å². The highest BCUT2D eigenvalue weighted by Gasteiger charge is 2.22. The molecule has 1 aliphatic carbocycles. The Hall–Kier alpha value is -1.30. The van der Waals surface area contributed by atoms with E-state index in [1.807, 2.05) is 0 Å². The molecule has 1 fully saturated rings. The third kappa shape index (κ3) is 2.75. The molecule has 0 amide bonds. The minimum Gasteiger partial charge on any atom is -0.462 e. The predicted molar refractivity (Wildman–Crippen MR) is 72.0 cm³/mol. The van der Waals surface area contributed by atoms with Gasteiger partial charge in [0.05, 0.1) is 11.1 Å². The number of hydrogen-bond donors (Lipinski definition) is 2. The summed E-state index contributed by atoms with van der Waals surface area (Å²) in [7, 11) is 0. The van der Waals surface area contributed by atoms with Gasteiger partial charge >= 0.3 is 5.97 Å². The number of carbonyl (C=O) groups is 1. The molecule has 98 valence electrons. The van der Waals surface area contributed by atoms with Crippen LogP contribution < -0.4 is 10.9 Å². The van der Waals surface area contributed by atoms with E-state index in [-0.39, 0.29) is 5.56 Å². The van der Waals surface area contributed by atoms with E-state index in [0.29, 0.717) is 28.5 Å². The molecule has 5 nitrogen and oxygen atoms in total. The molecule has 1 saturated carbocycles. The van der Waals surface area contributed by atoms with Crippen LogP contribution in [0.15, 0.2) is 15.3 Å². The van der Waals surface area contributed by atoms with Crippen molar-refractivity contribution in [2.45, 2.75) is 32.2 Å². The first-order valence-corrected chi connectivity index (χ1v) is 6.77. The Morgan fingerprint density at radius 2 is 2.33 bits per heavy atom. The molecule has 2 rings (SSSR count). The van der Waals surface area contributed by atoms with Crippen molar-refractivity contribution in [2.24, 2.45) is 0 Å². The van der Waals surface area contributed by atoms with Crippen LogP contribution in [0.2, 0.25) is 0 Å². The highest BCUT2D eigenvalue weighted by molar-refractivity contribution is 9.10. The minimum atomic E-state index is -0.434. The molecule has 0 saturated heterocycles. The fraction of sp³-hybridized carbons (Fsp3) is 0.500. The van der Waals surface area contributed by atoms with Gasteiger partial charge in [0.2, 0.25) is 0 Å². The zero-order chi connectivity index (χ0) is 13.1. The van der Waals surface area contributed by atoms with Gasteiger partial charge in [0.1, 0.15) is 11.4 Å². The quantitative estimate of drug-likeness (QED) is 0.836. The Balaban J connectivity index is 2.31. The van der Waals surface area contributed by atoms with E-state index in [1.165, 1.54) is 12.5 Å². The molecular weight excluding hydrogens is 300 g/mol. The Kier molecular flexibility index (Phi) is 4.06. The first-order valence-electron chi connectivity index (χ1n) is 5.98. The Bertz CT molecular complexity index is 509. The van der Waals surface area contributed by atoms with Crippen molar-refractivity contribution in [1.29, 1.82) is 0 Å². The summed E-state index contributed by atoms with van der Waals surface area (Å²) in [6.45, 7) is 2.05. The zero-order valence-corrected chi connectivity index (χ0v) is 11.7. The third-order valence-corrected chi connectivity index (χ3v) is 3.53. The van der Waals surface area contributed by atoms with Gasteiger partial charge in [0.15, 0.2) is 0 Å². The fourth-order valence-corrected chi connectivity index (χ4v) is 2.07. The molecule has 0 bridgehead atoms. The van der Waals surface area contributed by atoms with Crippen LogP contribution in [-0.4, -0.2) is 23.6 Å². The summed E-state index contributed by atoms with van der Waals surface area (Å²) in [5.74, 6) is 0.0163. The Labute approximate surface area is 113 Å². The number of hydrogen-bond acceptors (Lipinski definition) is 4. The van der Waals surface area contributed by atoms with Crippen molar-refractivity contribution >= 4 is 27.7 Å². The van der Waals surface area contributed by atoms with Gasteiger partial charge in [-0.25, -0.2) is 4.79 Å². The lowest BCUT2D eigenvalue weighted by atomic mass is 9.93. The number of esters is 1. The molecule has 0 aliphatic heterocycles. The van der Waals surface area contributed by atoms with Crippen molar-refractivity contribution in [1.82, 2.24) is 4.98 Å². The highest BCUT2D eigenvalue weighted by Crippen LogP contribution is 2.24. The van der Waals surface area contributed by atoms with Crippen LogP contribution >= 0.6 is 15.9 Å². The van der Waals surface area contributed by atoms with E-state index in [1.54, 1.807) is 6.92 Å². The first kappa shape index (κ1) is 13.1. The van der Waals surface area contributed by atoms with E-state index >= 15 is 0 Å². The Morgan fingerprint density at radius 1 is 1.61 bits per heavy atom. The van der Waals surface area contributed by atoms with Crippen LogP contribution in [0.5, 0.6) is 0 Å². The number of rotatable bonds is 4. The number of anilines is 1. The second-order valence-corrected chi connectivity index (χ2v) is 5.08. The van der Waals surface area contributed by atoms with Crippen molar-refractivity contribution in [3.05, 3.63) is 26.5 Å². The molecule has 0 aromatic carbocycles. The van der Waals surface area contributed by atoms with E-state index in [0.717, 1.165) is 12.8 Å². The standard InChI is InChI=1S/C12H15BrN2O3/c1-2-18-12(17)8-6-9(13)11(16)15-10(8)14-7-4-3-5-7/h6-7H,2-5H2,1H3,(H2,14,15,16). The molecule has 1 aliphatic rings. The van der Waals surface area contributed by atoms with Crippen LogP contribution in [-0.2, 0) is 4.74 Å². The number of nitrogens with one attached hydrogen (secondary N) is 2. The molecule has 2 N–H and O–H groups in total. The maximum atomic E-state index is 11.8. The van der Waals surface area contributed by atoms with Gasteiger partial charge in [-0.3, -0.25) is 4.79 Å². The average Bonchev–Trinajstić information content (AvgIpc) is 2.28. The minimum absolute atomic E-state index is 0.259. The van der Waals surface area contributed by atoms with Gasteiger partial charge < -0.3 is 15.0 Å². The molecule has 18 heavy (non-hydrogen) atoms. The number of carbonyl (C=O) groups excluding carboxylic acids is 1. The molecule has 1 aromatic heterocycles. The number of H-pyrrole nitrogens is 1. The average molecular weight is 315 g/mol. The molecule has 0 unspecified atom stereocenters. The van der Waals surface area contributed by atoms with E-state index < -0.39 is 5.97 Å². The summed E-state index contributed by atoms with van der Waals surface area (Å²) in [4.78, 5) is 26.0. The fourth-order valence-electron chi connectivity index (χ4n) is 1.75. The number of halogens is 1. The largest absolute Gasteiger partial charge is 0.462 e. The normalized spacial score (nSPS) is 15.0. The second-order valence-electron chi connectivity index (χ2n) is 4.23. The predicted octanol–water partition coefficient (Wildman–Crippen LogP) is 2.28. The molecule has 0 spiro atoms. The van der Waals surface area contributed by atoms with Crippen LogP contribution in [0, 0.1) is 0 Å².